The van der Waals surface area contributed by atoms with Crippen LogP contribution in [0.3, 0.4) is 0 Å². The number of aryl methyl sites for hydroxylation is 1. The number of anilines is 1. The van der Waals surface area contributed by atoms with Crippen LogP contribution in [0.4, 0.5) is 5.69 Å². The summed E-state index contributed by atoms with van der Waals surface area (Å²) in [7, 11) is 0. The Morgan fingerprint density at radius 2 is 2.00 bits per heavy atom. The van der Waals surface area contributed by atoms with Crippen molar-refractivity contribution in [2.45, 2.75) is 19.8 Å². The summed E-state index contributed by atoms with van der Waals surface area (Å²) in [4.78, 5) is 16.7. The van der Waals surface area contributed by atoms with E-state index in [1.807, 2.05) is 25.1 Å². The minimum Gasteiger partial charge on any atom is -0.324 e. The van der Waals surface area contributed by atoms with Crippen molar-refractivity contribution in [3.05, 3.63) is 53.3 Å². The van der Waals surface area contributed by atoms with Gasteiger partial charge in [-0.25, -0.2) is 4.98 Å². The summed E-state index contributed by atoms with van der Waals surface area (Å²) in [6, 6.07) is 10.2. The van der Waals surface area contributed by atoms with Crippen molar-refractivity contribution >= 4 is 22.6 Å². The first-order valence-corrected chi connectivity index (χ1v) is 7.39. The SMILES string of the molecule is Cc1[nH]nc2ncc(NC(=O)C3Cc4ccccc4C3)cc12. The van der Waals surface area contributed by atoms with Crippen molar-refractivity contribution in [3.8, 4) is 0 Å². The van der Waals surface area contributed by atoms with E-state index in [-0.39, 0.29) is 11.8 Å². The van der Waals surface area contributed by atoms with Gasteiger partial charge in [0.05, 0.1) is 11.9 Å². The van der Waals surface area contributed by atoms with E-state index in [1.54, 1.807) is 6.20 Å². The van der Waals surface area contributed by atoms with Gasteiger partial charge in [-0.3, -0.25) is 9.89 Å². The first kappa shape index (κ1) is 13.0. The van der Waals surface area contributed by atoms with Crippen LogP contribution in [0.2, 0.25) is 0 Å². The molecule has 1 aliphatic rings. The van der Waals surface area contributed by atoms with Crippen LogP contribution in [-0.4, -0.2) is 21.1 Å². The fourth-order valence-electron chi connectivity index (χ4n) is 3.08. The van der Waals surface area contributed by atoms with Gasteiger partial charge in [-0.1, -0.05) is 24.3 Å². The van der Waals surface area contributed by atoms with Crippen LogP contribution in [0.5, 0.6) is 0 Å². The van der Waals surface area contributed by atoms with Gasteiger partial charge in [-0.15, -0.1) is 0 Å². The summed E-state index contributed by atoms with van der Waals surface area (Å²) in [5, 5.41) is 10.9. The molecule has 1 amide bonds. The highest BCUT2D eigenvalue weighted by atomic mass is 16.1. The van der Waals surface area contributed by atoms with Crippen molar-refractivity contribution in [1.82, 2.24) is 15.2 Å². The number of benzene rings is 1. The summed E-state index contributed by atoms with van der Waals surface area (Å²) in [6.07, 6.45) is 3.27. The topological polar surface area (TPSA) is 70.7 Å². The molecule has 3 aromatic rings. The quantitative estimate of drug-likeness (QED) is 0.762. The molecule has 2 N–H and O–H groups in total. The van der Waals surface area contributed by atoms with Crippen molar-refractivity contribution in [3.63, 3.8) is 0 Å². The Labute approximate surface area is 127 Å². The maximum atomic E-state index is 12.5. The molecule has 2 heterocycles. The Morgan fingerprint density at radius 3 is 2.73 bits per heavy atom. The number of nitrogens with one attached hydrogen (secondary N) is 2. The van der Waals surface area contributed by atoms with Crippen molar-refractivity contribution in [2.24, 2.45) is 5.92 Å². The van der Waals surface area contributed by atoms with Crippen molar-refractivity contribution in [2.75, 3.05) is 5.32 Å². The van der Waals surface area contributed by atoms with Crippen LogP contribution in [-0.2, 0) is 17.6 Å². The highest BCUT2D eigenvalue weighted by Gasteiger charge is 2.27. The number of H-pyrrole nitrogens is 1. The molecule has 0 saturated carbocycles. The van der Waals surface area contributed by atoms with E-state index in [9.17, 15) is 4.79 Å². The number of pyridine rings is 1. The number of aromatic amines is 1. The highest BCUT2D eigenvalue weighted by molar-refractivity contribution is 5.95. The Bertz CT molecular complexity index is 843. The Morgan fingerprint density at radius 1 is 1.27 bits per heavy atom. The van der Waals surface area contributed by atoms with E-state index >= 15 is 0 Å². The van der Waals surface area contributed by atoms with E-state index in [0.717, 1.165) is 29.6 Å². The summed E-state index contributed by atoms with van der Waals surface area (Å²) >= 11 is 0. The third-order valence-corrected chi connectivity index (χ3v) is 4.29. The predicted octanol–water partition coefficient (Wildman–Crippen LogP) is 2.62. The molecule has 0 saturated heterocycles. The van der Waals surface area contributed by atoms with Crippen LogP contribution in [0.1, 0.15) is 16.8 Å². The van der Waals surface area contributed by atoms with Crippen LogP contribution in [0, 0.1) is 12.8 Å². The molecule has 1 aromatic carbocycles. The lowest BCUT2D eigenvalue weighted by molar-refractivity contribution is -0.119. The number of carbonyl (C=O) groups is 1. The molecule has 0 atom stereocenters. The summed E-state index contributed by atoms with van der Waals surface area (Å²) in [6.45, 7) is 1.94. The van der Waals surface area contributed by atoms with E-state index in [2.05, 4.69) is 32.6 Å². The number of hydrogen-bond donors (Lipinski definition) is 2. The zero-order valence-corrected chi connectivity index (χ0v) is 12.3. The lowest BCUT2D eigenvalue weighted by atomic mass is 10.1. The lowest BCUT2D eigenvalue weighted by Gasteiger charge is -2.10. The number of aromatic nitrogens is 3. The predicted molar refractivity (Wildman–Crippen MR) is 84.6 cm³/mol. The maximum Gasteiger partial charge on any atom is 0.228 e. The molecule has 2 aromatic heterocycles. The molecule has 22 heavy (non-hydrogen) atoms. The lowest BCUT2D eigenvalue weighted by Crippen LogP contribution is -2.23. The average Bonchev–Trinajstić information content (AvgIpc) is 3.11. The first-order chi connectivity index (χ1) is 10.7. The molecule has 0 bridgehead atoms. The van der Waals surface area contributed by atoms with Crippen LogP contribution < -0.4 is 5.32 Å². The number of nitrogens with zero attached hydrogens (tertiary/aromatic N) is 2. The number of rotatable bonds is 2. The van der Waals surface area contributed by atoms with E-state index < -0.39 is 0 Å². The molecule has 110 valence electrons. The Kier molecular flexibility index (Phi) is 2.92. The zero-order chi connectivity index (χ0) is 15.1. The monoisotopic (exact) mass is 292 g/mol. The van der Waals surface area contributed by atoms with E-state index in [0.29, 0.717) is 5.65 Å². The fraction of sp³-hybridized carbons (Fsp3) is 0.235. The van der Waals surface area contributed by atoms with Gasteiger partial charge in [0.15, 0.2) is 5.65 Å². The average molecular weight is 292 g/mol. The molecule has 0 spiro atoms. The van der Waals surface area contributed by atoms with Gasteiger partial charge >= 0.3 is 0 Å². The second-order valence-electron chi connectivity index (χ2n) is 5.81. The normalized spacial score (nSPS) is 14.2. The second-order valence-corrected chi connectivity index (χ2v) is 5.81. The number of amides is 1. The number of hydrogen-bond acceptors (Lipinski definition) is 3. The van der Waals surface area contributed by atoms with Crippen LogP contribution >= 0.6 is 0 Å². The Hall–Kier alpha value is -2.69. The molecule has 4 rings (SSSR count). The van der Waals surface area contributed by atoms with Crippen molar-refractivity contribution in [1.29, 1.82) is 0 Å². The van der Waals surface area contributed by atoms with Crippen molar-refractivity contribution < 1.29 is 4.79 Å². The maximum absolute atomic E-state index is 12.5. The third-order valence-electron chi connectivity index (χ3n) is 4.29. The van der Waals surface area contributed by atoms with Gasteiger partial charge in [0.1, 0.15) is 0 Å². The molecule has 5 heteroatoms. The third kappa shape index (κ3) is 2.15. The van der Waals surface area contributed by atoms with Gasteiger partial charge in [0, 0.05) is 17.0 Å². The summed E-state index contributed by atoms with van der Waals surface area (Å²) < 4.78 is 0. The van der Waals surface area contributed by atoms with Crippen LogP contribution in [0.25, 0.3) is 11.0 Å². The molecule has 0 radical (unpaired) electrons. The highest BCUT2D eigenvalue weighted by Crippen LogP contribution is 2.27. The minimum atomic E-state index is -0.00135. The molecular formula is C17H16N4O. The van der Waals surface area contributed by atoms with Gasteiger partial charge in [-0.2, -0.15) is 5.10 Å². The first-order valence-electron chi connectivity index (χ1n) is 7.39. The second kappa shape index (κ2) is 4.94. The molecule has 1 aliphatic carbocycles. The molecule has 5 nitrogen and oxygen atoms in total. The summed E-state index contributed by atoms with van der Waals surface area (Å²) in [5.41, 5.74) is 4.90. The molecule has 0 fully saturated rings. The fourth-order valence-corrected chi connectivity index (χ4v) is 3.08. The number of fused-ring (bicyclic) bond motifs is 2. The summed E-state index contributed by atoms with van der Waals surface area (Å²) in [5.74, 6) is 0.0528. The zero-order valence-electron chi connectivity index (χ0n) is 12.3. The van der Waals surface area contributed by atoms with E-state index in [1.165, 1.54) is 11.1 Å². The Balaban J connectivity index is 1.53. The van der Waals surface area contributed by atoms with E-state index in [4.69, 9.17) is 0 Å². The van der Waals surface area contributed by atoms with Gasteiger partial charge in [-0.05, 0) is 37.0 Å². The van der Waals surface area contributed by atoms with Crippen LogP contribution in [0.15, 0.2) is 36.5 Å². The largest absolute Gasteiger partial charge is 0.324 e. The smallest absolute Gasteiger partial charge is 0.228 e. The van der Waals surface area contributed by atoms with Gasteiger partial charge in [0.25, 0.3) is 0 Å². The standard InChI is InChI=1S/C17H16N4O/c1-10-15-8-14(9-18-16(15)21-20-10)19-17(22)13-6-11-4-2-3-5-12(11)7-13/h2-5,8-9,13H,6-7H2,1H3,(H,19,22)(H,18,20,21). The molecule has 0 aliphatic heterocycles. The van der Waals surface area contributed by atoms with Gasteiger partial charge in [0.2, 0.25) is 5.91 Å². The molecular weight excluding hydrogens is 276 g/mol. The minimum absolute atomic E-state index is 0.00135. The number of carbonyl (C=O) groups excluding carboxylic acids is 1. The molecule has 0 unspecified atom stereocenters. The van der Waals surface area contributed by atoms with Gasteiger partial charge < -0.3 is 5.32 Å².